The Labute approximate surface area is 159 Å². The van der Waals surface area contributed by atoms with Crippen LogP contribution >= 0.6 is 22.9 Å². The second kappa shape index (κ2) is 7.20. The van der Waals surface area contributed by atoms with Crippen LogP contribution < -0.4 is 15.2 Å². The molecule has 0 radical (unpaired) electrons. The van der Waals surface area contributed by atoms with Gasteiger partial charge < -0.3 is 9.64 Å². The van der Waals surface area contributed by atoms with Crippen molar-refractivity contribution < 1.29 is 4.74 Å². The number of fused-ring (bicyclic) bond motifs is 1. The van der Waals surface area contributed by atoms with Crippen LogP contribution in [0.4, 0.5) is 5.13 Å². The predicted octanol–water partition coefficient (Wildman–Crippen LogP) is 2.81. The molecule has 4 heterocycles. The molecule has 0 N–H and O–H groups in total. The first-order chi connectivity index (χ1) is 12.6. The van der Waals surface area contributed by atoms with Crippen molar-refractivity contribution in [3.8, 4) is 5.88 Å². The zero-order valence-electron chi connectivity index (χ0n) is 14.3. The Hall–Kier alpha value is -2.19. The summed E-state index contributed by atoms with van der Waals surface area (Å²) in [6.07, 6.45) is 4.25. The Bertz CT molecular complexity index is 971. The highest BCUT2D eigenvalue weighted by atomic mass is 35.5. The Morgan fingerprint density at radius 2 is 2.31 bits per heavy atom. The lowest BCUT2D eigenvalue weighted by Gasteiger charge is -2.32. The second-order valence-electron chi connectivity index (χ2n) is 6.16. The van der Waals surface area contributed by atoms with Gasteiger partial charge in [0.25, 0.3) is 5.56 Å². The number of aromatic nitrogens is 4. The van der Waals surface area contributed by atoms with Crippen LogP contribution in [0, 0.1) is 0 Å². The third kappa shape index (κ3) is 3.52. The minimum absolute atomic E-state index is 0.0142. The molecular formula is C17H18ClN5O2S. The summed E-state index contributed by atoms with van der Waals surface area (Å²) in [4.78, 5) is 23.7. The molecule has 3 aromatic heterocycles. The highest BCUT2D eigenvalue weighted by Crippen LogP contribution is 2.26. The van der Waals surface area contributed by atoms with Gasteiger partial charge in [-0.05, 0) is 25.3 Å². The number of piperidine rings is 1. The fraction of sp³-hybridized carbons (Fsp3) is 0.412. The largest absolute Gasteiger partial charge is 0.472 e. The second-order valence-corrected chi connectivity index (χ2v) is 7.53. The topological polar surface area (TPSA) is 72.6 Å². The summed E-state index contributed by atoms with van der Waals surface area (Å²) in [6, 6.07) is 5.08. The lowest BCUT2D eigenvalue weighted by molar-refractivity contribution is 0.172. The normalized spacial score (nSPS) is 17.6. The minimum Gasteiger partial charge on any atom is -0.472 e. The van der Waals surface area contributed by atoms with Gasteiger partial charge in [0.2, 0.25) is 16.0 Å². The van der Waals surface area contributed by atoms with Crippen LogP contribution in [0.5, 0.6) is 5.88 Å². The van der Waals surface area contributed by atoms with E-state index in [-0.39, 0.29) is 11.7 Å². The summed E-state index contributed by atoms with van der Waals surface area (Å²) in [7, 11) is 0. The quantitative estimate of drug-likeness (QED) is 0.681. The summed E-state index contributed by atoms with van der Waals surface area (Å²) < 4.78 is 7.36. The molecule has 0 saturated carbocycles. The van der Waals surface area contributed by atoms with E-state index >= 15 is 0 Å². The van der Waals surface area contributed by atoms with Gasteiger partial charge in [0.05, 0.1) is 11.6 Å². The summed E-state index contributed by atoms with van der Waals surface area (Å²) >= 11 is 7.30. The van der Waals surface area contributed by atoms with Crippen LogP contribution in [-0.4, -0.2) is 38.8 Å². The molecule has 1 atom stereocenters. The molecule has 1 aliphatic heterocycles. The first kappa shape index (κ1) is 17.2. The molecule has 4 rings (SSSR count). The molecule has 9 heteroatoms. The molecule has 1 aliphatic rings. The van der Waals surface area contributed by atoms with Gasteiger partial charge in [-0.1, -0.05) is 29.9 Å². The average Bonchev–Trinajstić information content (AvgIpc) is 3.09. The number of ether oxygens (including phenoxy) is 1. The van der Waals surface area contributed by atoms with Gasteiger partial charge in [-0.15, -0.1) is 5.10 Å². The molecule has 0 amide bonds. The number of hydrogen-bond donors (Lipinski definition) is 0. The van der Waals surface area contributed by atoms with Gasteiger partial charge in [-0.3, -0.25) is 4.79 Å². The number of hydrogen-bond acceptors (Lipinski definition) is 7. The average molecular weight is 392 g/mol. The molecule has 1 unspecified atom stereocenters. The van der Waals surface area contributed by atoms with Crippen molar-refractivity contribution in [3.05, 3.63) is 45.5 Å². The lowest BCUT2D eigenvalue weighted by atomic mass is 10.1. The SMILES string of the molecule is CCc1cc(=O)n2nc(N3CCCC(Oc4ccc(Cl)cn4)C3)sc2n1. The summed E-state index contributed by atoms with van der Waals surface area (Å²) in [5, 5.41) is 5.84. The van der Waals surface area contributed by atoms with E-state index in [0.717, 1.165) is 36.6 Å². The van der Waals surface area contributed by atoms with Gasteiger partial charge in [0.1, 0.15) is 6.10 Å². The third-order valence-electron chi connectivity index (χ3n) is 4.29. The Morgan fingerprint density at radius 3 is 3.08 bits per heavy atom. The number of rotatable bonds is 4. The zero-order valence-corrected chi connectivity index (χ0v) is 15.8. The number of pyridine rings is 1. The summed E-state index contributed by atoms with van der Waals surface area (Å²) in [6.45, 7) is 3.56. The van der Waals surface area contributed by atoms with Crippen molar-refractivity contribution in [1.29, 1.82) is 0 Å². The molecule has 0 aliphatic carbocycles. The minimum atomic E-state index is -0.135. The number of halogens is 1. The van der Waals surface area contributed by atoms with Crippen molar-refractivity contribution in [3.63, 3.8) is 0 Å². The van der Waals surface area contributed by atoms with Crippen molar-refractivity contribution in [2.75, 3.05) is 18.0 Å². The molecular weight excluding hydrogens is 374 g/mol. The van der Waals surface area contributed by atoms with Crippen LogP contribution in [0.15, 0.2) is 29.2 Å². The molecule has 3 aromatic rings. The van der Waals surface area contributed by atoms with Gasteiger partial charge in [0, 0.05) is 30.6 Å². The van der Waals surface area contributed by atoms with Crippen LogP contribution in [0.2, 0.25) is 5.02 Å². The Kier molecular flexibility index (Phi) is 4.78. The highest BCUT2D eigenvalue weighted by molar-refractivity contribution is 7.20. The molecule has 0 aromatic carbocycles. The fourth-order valence-electron chi connectivity index (χ4n) is 2.97. The van der Waals surface area contributed by atoms with Gasteiger partial charge in [-0.25, -0.2) is 9.97 Å². The fourth-order valence-corrected chi connectivity index (χ4v) is 4.04. The van der Waals surface area contributed by atoms with E-state index in [9.17, 15) is 4.79 Å². The van der Waals surface area contributed by atoms with Crippen LogP contribution in [0.3, 0.4) is 0 Å². The predicted molar refractivity (Wildman–Crippen MR) is 102 cm³/mol. The van der Waals surface area contributed by atoms with E-state index in [4.69, 9.17) is 16.3 Å². The van der Waals surface area contributed by atoms with Crippen molar-refractivity contribution in [2.24, 2.45) is 0 Å². The first-order valence-corrected chi connectivity index (χ1v) is 9.75. The molecule has 0 bridgehead atoms. The van der Waals surface area contributed by atoms with Gasteiger partial charge in [0.15, 0.2) is 0 Å². The number of anilines is 1. The van der Waals surface area contributed by atoms with Crippen LogP contribution in [0.25, 0.3) is 4.96 Å². The van der Waals surface area contributed by atoms with Crippen LogP contribution in [-0.2, 0) is 6.42 Å². The van der Waals surface area contributed by atoms with Crippen molar-refractivity contribution in [2.45, 2.75) is 32.3 Å². The molecule has 1 saturated heterocycles. The van der Waals surface area contributed by atoms with E-state index in [1.165, 1.54) is 15.9 Å². The Balaban J connectivity index is 1.54. The lowest BCUT2D eigenvalue weighted by Crippen LogP contribution is -2.41. The Morgan fingerprint density at radius 1 is 1.42 bits per heavy atom. The molecule has 136 valence electrons. The van der Waals surface area contributed by atoms with E-state index in [0.29, 0.717) is 22.4 Å². The monoisotopic (exact) mass is 391 g/mol. The third-order valence-corrected chi connectivity index (χ3v) is 5.48. The highest BCUT2D eigenvalue weighted by Gasteiger charge is 2.24. The van der Waals surface area contributed by atoms with E-state index < -0.39 is 0 Å². The standard InChI is InChI=1S/C17H18ClN5O2S/c1-2-12-8-15(24)23-16(20-12)26-17(21-23)22-7-3-4-13(10-22)25-14-6-5-11(18)9-19-14/h5-6,8-9,13H,2-4,7,10H2,1H3. The first-order valence-electron chi connectivity index (χ1n) is 8.55. The van der Waals surface area contributed by atoms with Gasteiger partial charge >= 0.3 is 0 Å². The van der Waals surface area contributed by atoms with Crippen molar-refractivity contribution >= 4 is 33.0 Å². The molecule has 1 fully saturated rings. The maximum atomic E-state index is 12.2. The molecule has 0 spiro atoms. The van der Waals surface area contributed by atoms with Crippen molar-refractivity contribution in [1.82, 2.24) is 19.6 Å². The summed E-state index contributed by atoms with van der Waals surface area (Å²) in [5.74, 6) is 0.566. The smallest absolute Gasteiger partial charge is 0.275 e. The maximum Gasteiger partial charge on any atom is 0.275 e. The number of nitrogens with zero attached hydrogens (tertiary/aromatic N) is 5. The van der Waals surface area contributed by atoms with E-state index in [2.05, 4.69) is 20.0 Å². The number of aryl methyl sites for hydroxylation is 1. The molecule has 26 heavy (non-hydrogen) atoms. The van der Waals surface area contributed by atoms with E-state index in [1.54, 1.807) is 24.4 Å². The van der Waals surface area contributed by atoms with Gasteiger partial charge in [-0.2, -0.15) is 4.52 Å². The summed E-state index contributed by atoms with van der Waals surface area (Å²) in [5.41, 5.74) is 0.656. The zero-order chi connectivity index (χ0) is 18.1. The molecule has 7 nitrogen and oxygen atoms in total. The maximum absolute atomic E-state index is 12.2. The van der Waals surface area contributed by atoms with Crippen LogP contribution in [0.1, 0.15) is 25.5 Å². The van der Waals surface area contributed by atoms with E-state index in [1.807, 2.05) is 6.92 Å².